The van der Waals surface area contributed by atoms with Gasteiger partial charge >= 0.3 is 6.61 Å². The largest absolute Gasteiger partial charge is 0.435 e. The highest BCUT2D eigenvalue weighted by molar-refractivity contribution is 5.78. The van der Waals surface area contributed by atoms with Gasteiger partial charge in [0.2, 0.25) is 5.91 Å². The minimum absolute atomic E-state index is 0.0351. The fraction of sp³-hybridized carbons (Fsp3) is 0.533. The number of carbonyl (C=O) groups is 1. The fourth-order valence-corrected chi connectivity index (χ4v) is 2.41. The first kappa shape index (κ1) is 15.7. The van der Waals surface area contributed by atoms with Crippen molar-refractivity contribution in [1.82, 2.24) is 10.2 Å². The maximum atomic E-state index is 12.0. The summed E-state index contributed by atoms with van der Waals surface area (Å²) >= 11 is 0. The van der Waals surface area contributed by atoms with Crippen molar-refractivity contribution in [3.8, 4) is 5.75 Å². The van der Waals surface area contributed by atoms with Crippen LogP contribution in [-0.2, 0) is 11.2 Å². The molecule has 2 rings (SSSR count). The normalized spacial score (nSPS) is 17.0. The van der Waals surface area contributed by atoms with Gasteiger partial charge in [-0.15, -0.1) is 0 Å². The zero-order valence-electron chi connectivity index (χ0n) is 12.0. The average molecular weight is 298 g/mol. The first-order chi connectivity index (χ1) is 10.0. The van der Waals surface area contributed by atoms with Crippen molar-refractivity contribution in [3.05, 3.63) is 29.8 Å². The molecule has 116 valence electrons. The summed E-state index contributed by atoms with van der Waals surface area (Å²) in [6, 6.07) is 6.39. The van der Waals surface area contributed by atoms with Crippen molar-refractivity contribution in [2.24, 2.45) is 0 Å². The molecule has 4 nitrogen and oxygen atoms in total. The van der Waals surface area contributed by atoms with E-state index in [1.807, 2.05) is 0 Å². The van der Waals surface area contributed by atoms with E-state index >= 15 is 0 Å². The molecule has 0 unspecified atom stereocenters. The molecule has 1 heterocycles. The quantitative estimate of drug-likeness (QED) is 0.904. The Morgan fingerprint density at radius 2 is 1.95 bits per heavy atom. The van der Waals surface area contributed by atoms with Crippen molar-refractivity contribution in [2.45, 2.75) is 31.9 Å². The minimum Gasteiger partial charge on any atom is -0.435 e. The third-order valence-corrected chi connectivity index (χ3v) is 3.60. The highest BCUT2D eigenvalue weighted by Crippen LogP contribution is 2.15. The lowest BCUT2D eigenvalue weighted by Gasteiger charge is -2.29. The molecule has 0 aromatic heterocycles. The number of likely N-dealkylation sites (tertiary alicyclic amines) is 1. The number of nitrogens with zero attached hydrogens (tertiary/aromatic N) is 1. The van der Waals surface area contributed by atoms with Gasteiger partial charge in [0.15, 0.2) is 0 Å². The van der Waals surface area contributed by atoms with E-state index in [4.69, 9.17) is 0 Å². The number of alkyl halides is 2. The van der Waals surface area contributed by atoms with Gasteiger partial charge < -0.3 is 15.0 Å². The second-order valence-electron chi connectivity index (χ2n) is 5.34. The fourth-order valence-electron chi connectivity index (χ4n) is 2.41. The van der Waals surface area contributed by atoms with Crippen LogP contribution in [0.4, 0.5) is 8.78 Å². The molecule has 0 radical (unpaired) electrons. The zero-order valence-corrected chi connectivity index (χ0v) is 12.0. The van der Waals surface area contributed by atoms with Gasteiger partial charge in [-0.3, -0.25) is 4.79 Å². The van der Waals surface area contributed by atoms with E-state index in [-0.39, 0.29) is 24.1 Å². The molecule has 1 aliphatic rings. The highest BCUT2D eigenvalue weighted by Gasteiger charge is 2.18. The summed E-state index contributed by atoms with van der Waals surface area (Å²) in [5, 5.41) is 3.02. The Hall–Kier alpha value is -1.69. The number of halogens is 2. The van der Waals surface area contributed by atoms with Gasteiger partial charge in [0, 0.05) is 6.04 Å². The second-order valence-corrected chi connectivity index (χ2v) is 5.34. The van der Waals surface area contributed by atoms with Gasteiger partial charge in [-0.2, -0.15) is 8.78 Å². The van der Waals surface area contributed by atoms with E-state index in [9.17, 15) is 13.6 Å². The molecule has 0 bridgehead atoms. The molecule has 6 heteroatoms. The number of piperidine rings is 1. The molecular formula is C15H20F2N2O2. The number of rotatable bonds is 5. The topological polar surface area (TPSA) is 41.6 Å². The van der Waals surface area contributed by atoms with Gasteiger partial charge in [0.25, 0.3) is 0 Å². The van der Waals surface area contributed by atoms with E-state index in [2.05, 4.69) is 22.0 Å². The SMILES string of the molecule is CN1CCC(NC(=O)Cc2ccc(OC(F)F)cc2)CC1. The maximum Gasteiger partial charge on any atom is 0.387 e. The van der Waals surface area contributed by atoms with Crippen LogP contribution in [0.3, 0.4) is 0 Å². The molecule has 0 saturated carbocycles. The summed E-state index contributed by atoms with van der Waals surface area (Å²) in [5.74, 6) is 0.0663. The van der Waals surface area contributed by atoms with Crippen LogP contribution in [0.2, 0.25) is 0 Å². The average Bonchev–Trinajstić information content (AvgIpc) is 2.43. The summed E-state index contributed by atoms with van der Waals surface area (Å²) in [5.41, 5.74) is 0.780. The van der Waals surface area contributed by atoms with Crippen molar-refractivity contribution < 1.29 is 18.3 Å². The van der Waals surface area contributed by atoms with E-state index in [1.54, 1.807) is 12.1 Å². The first-order valence-corrected chi connectivity index (χ1v) is 7.04. The predicted molar refractivity (Wildman–Crippen MR) is 75.4 cm³/mol. The third-order valence-electron chi connectivity index (χ3n) is 3.60. The van der Waals surface area contributed by atoms with E-state index in [0.29, 0.717) is 0 Å². The summed E-state index contributed by atoms with van der Waals surface area (Å²) in [7, 11) is 2.07. The predicted octanol–water partition coefficient (Wildman–Crippen LogP) is 2.04. The summed E-state index contributed by atoms with van der Waals surface area (Å²) in [6.07, 6.45) is 2.17. The molecule has 21 heavy (non-hydrogen) atoms. The van der Waals surface area contributed by atoms with Crippen LogP contribution in [0.15, 0.2) is 24.3 Å². The van der Waals surface area contributed by atoms with Crippen LogP contribution in [0, 0.1) is 0 Å². The molecule has 0 spiro atoms. The molecular weight excluding hydrogens is 278 g/mol. The van der Waals surface area contributed by atoms with Crippen LogP contribution < -0.4 is 10.1 Å². The third kappa shape index (κ3) is 5.30. The Morgan fingerprint density at radius 1 is 1.33 bits per heavy atom. The Balaban J connectivity index is 1.79. The molecule has 0 atom stereocenters. The number of hydrogen-bond acceptors (Lipinski definition) is 3. The van der Waals surface area contributed by atoms with Crippen molar-refractivity contribution >= 4 is 5.91 Å². The lowest BCUT2D eigenvalue weighted by atomic mass is 10.0. The van der Waals surface area contributed by atoms with Gasteiger partial charge in [-0.25, -0.2) is 0 Å². The van der Waals surface area contributed by atoms with E-state index in [0.717, 1.165) is 31.5 Å². The molecule has 1 N–H and O–H groups in total. The summed E-state index contributed by atoms with van der Waals surface area (Å²) in [4.78, 5) is 14.2. The maximum absolute atomic E-state index is 12.0. The van der Waals surface area contributed by atoms with E-state index < -0.39 is 6.61 Å². The summed E-state index contributed by atoms with van der Waals surface area (Å²) in [6.45, 7) is -0.849. The van der Waals surface area contributed by atoms with Crippen molar-refractivity contribution in [1.29, 1.82) is 0 Å². The standard InChI is InChI=1S/C15H20F2N2O2/c1-19-8-6-12(7-9-19)18-14(20)10-11-2-4-13(5-3-11)21-15(16)17/h2-5,12,15H,6-10H2,1H3,(H,18,20). The van der Waals surface area contributed by atoms with Crippen molar-refractivity contribution in [3.63, 3.8) is 0 Å². The molecule has 1 aromatic carbocycles. The van der Waals surface area contributed by atoms with Crippen LogP contribution in [0.1, 0.15) is 18.4 Å². The van der Waals surface area contributed by atoms with Crippen LogP contribution >= 0.6 is 0 Å². The van der Waals surface area contributed by atoms with Crippen molar-refractivity contribution in [2.75, 3.05) is 20.1 Å². The monoisotopic (exact) mass is 298 g/mol. The molecule has 1 fully saturated rings. The summed E-state index contributed by atoms with van der Waals surface area (Å²) < 4.78 is 28.3. The Morgan fingerprint density at radius 3 is 2.52 bits per heavy atom. The lowest BCUT2D eigenvalue weighted by Crippen LogP contribution is -2.43. The zero-order chi connectivity index (χ0) is 15.2. The number of carbonyl (C=O) groups excluding carboxylic acids is 1. The van der Waals surface area contributed by atoms with Crippen LogP contribution in [0.25, 0.3) is 0 Å². The molecule has 1 amide bonds. The Bertz CT molecular complexity index is 457. The van der Waals surface area contributed by atoms with Gasteiger partial charge in [0.05, 0.1) is 6.42 Å². The first-order valence-electron chi connectivity index (χ1n) is 7.04. The lowest BCUT2D eigenvalue weighted by molar-refractivity contribution is -0.121. The van der Waals surface area contributed by atoms with Crippen LogP contribution in [-0.4, -0.2) is 43.6 Å². The van der Waals surface area contributed by atoms with E-state index in [1.165, 1.54) is 12.1 Å². The molecule has 1 saturated heterocycles. The highest BCUT2D eigenvalue weighted by atomic mass is 19.3. The van der Waals surface area contributed by atoms with Gasteiger partial charge in [0.1, 0.15) is 5.75 Å². The number of hydrogen-bond donors (Lipinski definition) is 1. The molecule has 0 aliphatic carbocycles. The second kappa shape index (κ2) is 7.36. The molecule has 1 aromatic rings. The smallest absolute Gasteiger partial charge is 0.387 e. The minimum atomic E-state index is -2.83. The number of nitrogens with one attached hydrogen (secondary N) is 1. The van der Waals surface area contributed by atoms with Gasteiger partial charge in [-0.1, -0.05) is 12.1 Å². The Labute approximate surface area is 123 Å². The Kier molecular flexibility index (Phi) is 5.50. The van der Waals surface area contributed by atoms with Crippen LogP contribution in [0.5, 0.6) is 5.75 Å². The number of ether oxygens (including phenoxy) is 1. The number of amides is 1. The molecule has 1 aliphatic heterocycles. The number of benzene rings is 1. The van der Waals surface area contributed by atoms with Gasteiger partial charge in [-0.05, 0) is 50.7 Å².